The van der Waals surface area contributed by atoms with Crippen molar-refractivity contribution in [1.82, 2.24) is 5.32 Å². The van der Waals surface area contributed by atoms with Gasteiger partial charge in [-0.25, -0.2) is 0 Å². The molecule has 1 amide bonds. The van der Waals surface area contributed by atoms with E-state index in [2.05, 4.69) is 5.32 Å². The monoisotopic (exact) mass is 410 g/mol. The van der Waals surface area contributed by atoms with E-state index in [9.17, 15) is 20.1 Å². The number of carbonyl (C=O) groups is 1. The molecule has 154 valence electrons. The summed E-state index contributed by atoms with van der Waals surface area (Å²) < 4.78 is 5.52. The molecule has 0 aromatic heterocycles. The van der Waals surface area contributed by atoms with E-state index < -0.39 is 18.1 Å². The number of hydrogen-bond donors (Lipinski definition) is 5. The average molecular weight is 411 g/mol. The van der Waals surface area contributed by atoms with Gasteiger partial charge >= 0.3 is 0 Å². The molecule has 0 fully saturated rings. The van der Waals surface area contributed by atoms with Crippen LogP contribution < -0.4 is 15.8 Å². The van der Waals surface area contributed by atoms with Crippen molar-refractivity contribution in [1.29, 1.82) is 0 Å². The summed E-state index contributed by atoms with van der Waals surface area (Å²) in [5.41, 5.74) is 6.62. The quantitative estimate of drug-likeness (QED) is 0.402. The number of hydrogen-bond acceptors (Lipinski definition) is 6. The topological polar surface area (TPSA) is 125 Å². The Bertz CT molecular complexity index is 724. The number of phenols is 1. The summed E-state index contributed by atoms with van der Waals surface area (Å²) in [5, 5.41) is 32.7. The minimum absolute atomic E-state index is 0. The predicted molar refractivity (Wildman–Crippen MR) is 109 cm³/mol. The summed E-state index contributed by atoms with van der Waals surface area (Å²) >= 11 is 0. The molecule has 28 heavy (non-hydrogen) atoms. The molecule has 0 saturated carbocycles. The fourth-order valence-corrected chi connectivity index (χ4v) is 2.55. The van der Waals surface area contributed by atoms with E-state index in [1.807, 2.05) is 6.92 Å². The normalized spacial score (nSPS) is 13.8. The highest BCUT2D eigenvalue weighted by Crippen LogP contribution is 2.19. The highest BCUT2D eigenvalue weighted by Gasteiger charge is 2.17. The van der Waals surface area contributed by atoms with Crippen LogP contribution in [-0.2, 0) is 11.2 Å². The molecule has 8 heteroatoms. The third kappa shape index (κ3) is 7.74. The van der Waals surface area contributed by atoms with Crippen molar-refractivity contribution < 1.29 is 24.9 Å². The molecule has 2 rings (SSSR count). The van der Waals surface area contributed by atoms with Gasteiger partial charge in [-0.15, -0.1) is 12.4 Å². The van der Waals surface area contributed by atoms with E-state index in [1.165, 1.54) is 12.1 Å². The molecule has 6 N–H and O–H groups in total. The van der Waals surface area contributed by atoms with Gasteiger partial charge in [-0.1, -0.05) is 24.3 Å². The first-order chi connectivity index (χ1) is 12.8. The van der Waals surface area contributed by atoms with Crippen LogP contribution in [0.3, 0.4) is 0 Å². The Morgan fingerprint density at radius 1 is 1.11 bits per heavy atom. The van der Waals surface area contributed by atoms with Crippen molar-refractivity contribution in [3.8, 4) is 11.5 Å². The van der Waals surface area contributed by atoms with E-state index in [4.69, 9.17) is 10.5 Å². The summed E-state index contributed by atoms with van der Waals surface area (Å²) in [6, 6.07) is 13.0. The minimum Gasteiger partial charge on any atom is -0.508 e. The highest BCUT2D eigenvalue weighted by molar-refractivity contribution is 5.85. The molecule has 0 aliphatic carbocycles. The molecule has 0 spiro atoms. The van der Waals surface area contributed by atoms with E-state index in [-0.39, 0.29) is 43.8 Å². The summed E-state index contributed by atoms with van der Waals surface area (Å²) in [6.07, 6.45) is -1.35. The number of phenolic OH excluding ortho intramolecular Hbond substituents is 1. The number of amides is 1. The minimum atomic E-state index is -0.767. The Labute approximate surface area is 170 Å². The zero-order chi connectivity index (χ0) is 19.8. The molecule has 0 bridgehead atoms. The summed E-state index contributed by atoms with van der Waals surface area (Å²) in [6.45, 7) is 2.14. The fourth-order valence-electron chi connectivity index (χ4n) is 2.55. The first-order valence-corrected chi connectivity index (χ1v) is 8.73. The van der Waals surface area contributed by atoms with Crippen LogP contribution in [0.5, 0.6) is 11.5 Å². The Kier molecular flexibility index (Phi) is 9.75. The molecule has 0 saturated heterocycles. The predicted octanol–water partition coefficient (Wildman–Crippen LogP) is 1.29. The Morgan fingerprint density at radius 2 is 1.71 bits per heavy atom. The first kappa shape index (κ1) is 23.7. The number of aromatic hydroxyl groups is 1. The lowest BCUT2D eigenvalue weighted by molar-refractivity contribution is -0.117. The van der Waals surface area contributed by atoms with Gasteiger partial charge in [-0.3, -0.25) is 4.79 Å². The number of nitrogens with two attached hydrogens (primary N) is 1. The number of carbonyl (C=O) groups excluding carboxylic acids is 1. The molecule has 2 aromatic rings. The summed E-state index contributed by atoms with van der Waals surface area (Å²) in [4.78, 5) is 10.9. The molecule has 0 aliphatic heterocycles. The molecular weight excluding hydrogens is 384 g/mol. The number of aliphatic hydroxyl groups is 2. The van der Waals surface area contributed by atoms with E-state index in [1.54, 1.807) is 36.4 Å². The third-order valence-electron chi connectivity index (χ3n) is 4.13. The standard InChI is InChI=1S/C20H26N2O5.ClH/c1-13(20(26)15-4-6-16(23)7-5-15)22-11-17(24)12-27-18-8-2-14(3-9-18)10-19(21)25;/h2-9,13,17,20,22-24,26H,10-12H2,1H3,(H2,21,25);1H. The summed E-state index contributed by atoms with van der Waals surface area (Å²) in [7, 11) is 0. The van der Waals surface area contributed by atoms with Crippen LogP contribution in [-0.4, -0.2) is 46.5 Å². The maximum absolute atomic E-state index is 10.9. The third-order valence-corrected chi connectivity index (χ3v) is 4.13. The molecule has 0 aliphatic rings. The second-order valence-corrected chi connectivity index (χ2v) is 6.49. The number of halogens is 1. The lowest BCUT2D eigenvalue weighted by Gasteiger charge is -2.22. The van der Waals surface area contributed by atoms with Crippen molar-refractivity contribution in [3.05, 3.63) is 59.7 Å². The van der Waals surface area contributed by atoms with Crippen molar-refractivity contribution in [2.24, 2.45) is 5.73 Å². The number of aliphatic hydroxyl groups excluding tert-OH is 2. The van der Waals surface area contributed by atoms with E-state index >= 15 is 0 Å². The zero-order valence-corrected chi connectivity index (χ0v) is 16.4. The zero-order valence-electron chi connectivity index (χ0n) is 15.6. The fraction of sp³-hybridized carbons (Fsp3) is 0.350. The Hall–Kier alpha value is -2.32. The number of nitrogens with one attached hydrogen (secondary N) is 1. The first-order valence-electron chi connectivity index (χ1n) is 8.73. The van der Waals surface area contributed by atoms with Crippen LogP contribution in [0.15, 0.2) is 48.5 Å². The van der Waals surface area contributed by atoms with Gasteiger partial charge in [-0.05, 0) is 42.3 Å². The molecule has 3 unspecified atom stereocenters. The van der Waals surface area contributed by atoms with Crippen molar-refractivity contribution >= 4 is 18.3 Å². The molecule has 7 nitrogen and oxygen atoms in total. The SMILES string of the molecule is CC(NCC(O)COc1ccc(CC(N)=O)cc1)C(O)c1ccc(O)cc1.Cl. The van der Waals surface area contributed by atoms with Crippen LogP contribution in [0.25, 0.3) is 0 Å². The van der Waals surface area contributed by atoms with E-state index in [0.29, 0.717) is 11.3 Å². The van der Waals surface area contributed by atoms with Crippen molar-refractivity contribution in [3.63, 3.8) is 0 Å². The van der Waals surface area contributed by atoms with Crippen LogP contribution in [0.1, 0.15) is 24.2 Å². The molecule has 2 aromatic carbocycles. The Morgan fingerprint density at radius 3 is 2.29 bits per heavy atom. The van der Waals surface area contributed by atoms with Crippen molar-refractivity contribution in [2.45, 2.75) is 31.6 Å². The number of primary amides is 1. The molecule has 0 radical (unpaired) electrons. The van der Waals surface area contributed by atoms with Gasteiger partial charge in [0, 0.05) is 12.6 Å². The smallest absolute Gasteiger partial charge is 0.221 e. The average Bonchev–Trinajstić information content (AvgIpc) is 2.65. The lowest BCUT2D eigenvalue weighted by Crippen LogP contribution is -2.39. The number of ether oxygens (including phenoxy) is 1. The number of benzene rings is 2. The Balaban J connectivity index is 0.00000392. The summed E-state index contributed by atoms with van der Waals surface area (Å²) in [5.74, 6) is 0.329. The van der Waals surface area contributed by atoms with Crippen LogP contribution >= 0.6 is 12.4 Å². The van der Waals surface area contributed by atoms with Crippen LogP contribution in [0, 0.1) is 0 Å². The molecule has 3 atom stereocenters. The lowest BCUT2D eigenvalue weighted by atomic mass is 10.0. The van der Waals surface area contributed by atoms with Gasteiger partial charge < -0.3 is 31.1 Å². The van der Waals surface area contributed by atoms with Crippen LogP contribution in [0.2, 0.25) is 0 Å². The van der Waals surface area contributed by atoms with Crippen molar-refractivity contribution in [2.75, 3.05) is 13.2 Å². The van der Waals surface area contributed by atoms with Gasteiger partial charge in [0.25, 0.3) is 0 Å². The van der Waals surface area contributed by atoms with Gasteiger partial charge in [-0.2, -0.15) is 0 Å². The van der Waals surface area contributed by atoms with Gasteiger partial charge in [0.2, 0.25) is 5.91 Å². The molecular formula is C20H27ClN2O5. The second-order valence-electron chi connectivity index (χ2n) is 6.49. The largest absolute Gasteiger partial charge is 0.508 e. The second kappa shape index (κ2) is 11.5. The maximum Gasteiger partial charge on any atom is 0.221 e. The van der Waals surface area contributed by atoms with Gasteiger partial charge in [0.05, 0.1) is 12.5 Å². The highest BCUT2D eigenvalue weighted by atomic mass is 35.5. The van der Waals surface area contributed by atoms with E-state index in [0.717, 1.165) is 5.56 Å². The maximum atomic E-state index is 10.9. The van der Waals surface area contributed by atoms with Gasteiger partial charge in [0.1, 0.15) is 24.2 Å². The molecule has 0 heterocycles. The van der Waals surface area contributed by atoms with Gasteiger partial charge in [0.15, 0.2) is 0 Å². The number of rotatable bonds is 10. The van der Waals surface area contributed by atoms with Crippen LogP contribution in [0.4, 0.5) is 0 Å².